The third kappa shape index (κ3) is 3.95. The fraction of sp³-hybridized carbons (Fsp3) is 0.692. The van der Waals surface area contributed by atoms with Crippen LogP contribution in [0.25, 0.3) is 0 Å². The number of hydrogen-bond acceptors (Lipinski definition) is 2. The predicted molar refractivity (Wildman–Crippen MR) is 68.0 cm³/mol. The Kier molecular flexibility index (Phi) is 5.50. The van der Waals surface area contributed by atoms with Gasteiger partial charge in [0.15, 0.2) is 0 Å². The lowest BCUT2D eigenvalue weighted by atomic mass is 9.86. The molecule has 1 rings (SSSR count). The van der Waals surface area contributed by atoms with E-state index >= 15 is 0 Å². The lowest BCUT2D eigenvalue weighted by Crippen LogP contribution is -2.45. The van der Waals surface area contributed by atoms with E-state index in [1.165, 1.54) is 0 Å². The number of carboxylic acids is 1. The largest absolute Gasteiger partial charge is 0.481 e. The summed E-state index contributed by atoms with van der Waals surface area (Å²) < 4.78 is 0. The zero-order chi connectivity index (χ0) is 13.4. The van der Waals surface area contributed by atoms with E-state index in [2.05, 4.69) is 16.6 Å². The Morgan fingerprint density at radius 3 is 2.50 bits per heavy atom. The second kappa shape index (κ2) is 6.90. The molecule has 0 aliphatic heterocycles. The molecule has 2 amide bonds. The molecule has 0 radical (unpaired) electrons. The lowest BCUT2D eigenvalue weighted by molar-refractivity contribution is -0.148. The highest BCUT2D eigenvalue weighted by Crippen LogP contribution is 2.37. The monoisotopic (exact) mass is 252 g/mol. The van der Waals surface area contributed by atoms with Gasteiger partial charge >= 0.3 is 12.0 Å². The minimum atomic E-state index is -0.812. The Bertz CT molecular complexity index is 341. The van der Waals surface area contributed by atoms with E-state index in [4.69, 9.17) is 6.42 Å². The first-order valence-electron chi connectivity index (χ1n) is 6.29. The van der Waals surface area contributed by atoms with Gasteiger partial charge in [-0.25, -0.2) is 4.79 Å². The summed E-state index contributed by atoms with van der Waals surface area (Å²) in [5, 5.41) is 14.5. The number of carbonyl (C=O) groups excluding carboxylic acids is 1. The van der Waals surface area contributed by atoms with Gasteiger partial charge in [0.1, 0.15) is 0 Å². The summed E-state index contributed by atoms with van der Waals surface area (Å²) >= 11 is 0. The van der Waals surface area contributed by atoms with Crippen LogP contribution in [0, 0.1) is 17.8 Å². The van der Waals surface area contributed by atoms with Crippen molar-refractivity contribution in [1.82, 2.24) is 10.6 Å². The number of carbonyl (C=O) groups is 2. The average molecular weight is 252 g/mol. The van der Waals surface area contributed by atoms with E-state index < -0.39 is 11.4 Å². The highest BCUT2D eigenvalue weighted by Gasteiger charge is 2.41. The molecule has 0 spiro atoms. The van der Waals surface area contributed by atoms with Crippen LogP contribution in [-0.2, 0) is 4.79 Å². The summed E-state index contributed by atoms with van der Waals surface area (Å²) in [6.45, 7) is 0.708. The number of hydrogen-bond donors (Lipinski definition) is 3. The fourth-order valence-corrected chi connectivity index (χ4v) is 2.22. The number of aliphatic carboxylic acids is 1. The molecule has 0 heterocycles. The minimum absolute atomic E-state index is 0.198. The zero-order valence-corrected chi connectivity index (χ0v) is 10.5. The molecule has 5 nitrogen and oxygen atoms in total. The van der Waals surface area contributed by atoms with Gasteiger partial charge in [0, 0.05) is 19.5 Å². The van der Waals surface area contributed by atoms with E-state index in [9.17, 15) is 14.7 Å². The lowest BCUT2D eigenvalue weighted by Gasteiger charge is -2.23. The second-order valence-corrected chi connectivity index (χ2v) is 4.71. The number of nitrogens with one attached hydrogen (secondary N) is 2. The first-order valence-corrected chi connectivity index (χ1v) is 6.29. The van der Waals surface area contributed by atoms with Crippen molar-refractivity contribution in [2.75, 3.05) is 13.1 Å². The Morgan fingerprint density at radius 2 is 1.94 bits per heavy atom. The molecular weight excluding hydrogens is 232 g/mol. The number of rotatable bonds is 6. The third-order valence-corrected chi connectivity index (χ3v) is 3.39. The number of unbranched alkanes of at least 4 members (excludes halogenated alkanes) is 1. The van der Waals surface area contributed by atoms with Crippen LogP contribution < -0.4 is 10.6 Å². The standard InChI is InChI=1S/C13H20N2O3/c1-2-3-6-9-14-12(18)15-10-13(11(16)17)7-4-5-8-13/h1H,3-10H2,(H,16,17)(H2,14,15,18). The first kappa shape index (κ1) is 14.4. The van der Waals surface area contributed by atoms with E-state index in [1.54, 1.807) is 0 Å². The van der Waals surface area contributed by atoms with Crippen LogP contribution in [0.3, 0.4) is 0 Å². The van der Waals surface area contributed by atoms with Crippen molar-refractivity contribution in [3.63, 3.8) is 0 Å². The Labute approximate surface area is 107 Å². The topological polar surface area (TPSA) is 78.4 Å². The number of amides is 2. The predicted octanol–water partition coefficient (Wildman–Crippen LogP) is 1.34. The SMILES string of the molecule is C#CCCCNC(=O)NCC1(C(=O)O)CCCC1. The molecular formula is C13H20N2O3. The van der Waals surface area contributed by atoms with Gasteiger partial charge in [0.05, 0.1) is 5.41 Å². The van der Waals surface area contributed by atoms with Crippen LogP contribution in [-0.4, -0.2) is 30.2 Å². The van der Waals surface area contributed by atoms with Gasteiger partial charge < -0.3 is 15.7 Å². The zero-order valence-electron chi connectivity index (χ0n) is 10.5. The summed E-state index contributed by atoms with van der Waals surface area (Å²) in [4.78, 5) is 22.7. The summed E-state index contributed by atoms with van der Waals surface area (Å²) in [7, 11) is 0. The molecule has 0 atom stereocenters. The maximum Gasteiger partial charge on any atom is 0.314 e. The van der Waals surface area contributed by atoms with Crippen LogP contribution in [0.1, 0.15) is 38.5 Å². The fourth-order valence-electron chi connectivity index (χ4n) is 2.22. The second-order valence-electron chi connectivity index (χ2n) is 4.71. The van der Waals surface area contributed by atoms with Crippen molar-refractivity contribution < 1.29 is 14.7 Å². The van der Waals surface area contributed by atoms with Crippen molar-refractivity contribution in [3.05, 3.63) is 0 Å². The van der Waals surface area contributed by atoms with Crippen LogP contribution >= 0.6 is 0 Å². The molecule has 1 aliphatic rings. The number of urea groups is 1. The molecule has 0 aromatic heterocycles. The van der Waals surface area contributed by atoms with Gasteiger partial charge in [-0.3, -0.25) is 4.79 Å². The maximum absolute atomic E-state index is 11.5. The van der Waals surface area contributed by atoms with Crippen LogP contribution in [0.2, 0.25) is 0 Å². The Hall–Kier alpha value is -1.70. The van der Waals surface area contributed by atoms with Crippen molar-refractivity contribution >= 4 is 12.0 Å². The van der Waals surface area contributed by atoms with E-state index in [1.807, 2.05) is 0 Å². The van der Waals surface area contributed by atoms with Gasteiger partial charge in [-0.15, -0.1) is 12.3 Å². The van der Waals surface area contributed by atoms with Gasteiger partial charge in [-0.2, -0.15) is 0 Å². The minimum Gasteiger partial charge on any atom is -0.481 e. The van der Waals surface area contributed by atoms with E-state index in [-0.39, 0.29) is 12.6 Å². The molecule has 18 heavy (non-hydrogen) atoms. The number of carboxylic acid groups (broad SMARTS) is 1. The summed E-state index contributed by atoms with van der Waals surface area (Å²) in [6.07, 6.45) is 9.55. The highest BCUT2D eigenvalue weighted by atomic mass is 16.4. The van der Waals surface area contributed by atoms with Crippen LogP contribution in [0.4, 0.5) is 4.79 Å². The van der Waals surface area contributed by atoms with Crippen molar-refractivity contribution in [2.24, 2.45) is 5.41 Å². The van der Waals surface area contributed by atoms with Gasteiger partial charge in [-0.1, -0.05) is 12.8 Å². The van der Waals surface area contributed by atoms with Gasteiger partial charge in [-0.05, 0) is 19.3 Å². The van der Waals surface area contributed by atoms with E-state index in [0.717, 1.165) is 19.3 Å². The molecule has 1 fully saturated rings. The van der Waals surface area contributed by atoms with Crippen molar-refractivity contribution in [3.8, 4) is 12.3 Å². The Morgan fingerprint density at radius 1 is 1.28 bits per heavy atom. The summed E-state index contributed by atoms with van der Waals surface area (Å²) in [5.74, 6) is 1.68. The molecule has 100 valence electrons. The molecule has 0 aromatic carbocycles. The molecule has 1 saturated carbocycles. The summed E-state index contributed by atoms with van der Waals surface area (Å²) in [6, 6.07) is -0.320. The third-order valence-electron chi connectivity index (χ3n) is 3.39. The highest BCUT2D eigenvalue weighted by molar-refractivity contribution is 5.78. The first-order chi connectivity index (χ1) is 8.60. The smallest absolute Gasteiger partial charge is 0.314 e. The van der Waals surface area contributed by atoms with Crippen molar-refractivity contribution in [2.45, 2.75) is 38.5 Å². The molecule has 0 aromatic rings. The average Bonchev–Trinajstić information content (AvgIpc) is 2.82. The van der Waals surface area contributed by atoms with E-state index in [0.29, 0.717) is 25.8 Å². The van der Waals surface area contributed by atoms with Crippen LogP contribution in [0.5, 0.6) is 0 Å². The molecule has 0 unspecified atom stereocenters. The van der Waals surface area contributed by atoms with Crippen molar-refractivity contribution in [1.29, 1.82) is 0 Å². The van der Waals surface area contributed by atoms with Gasteiger partial charge in [0.25, 0.3) is 0 Å². The summed E-state index contributed by atoms with van der Waals surface area (Å²) in [5.41, 5.74) is -0.768. The number of terminal acetylenes is 1. The van der Waals surface area contributed by atoms with Crippen LogP contribution in [0.15, 0.2) is 0 Å². The molecule has 3 N–H and O–H groups in total. The van der Waals surface area contributed by atoms with Gasteiger partial charge in [0.2, 0.25) is 0 Å². The maximum atomic E-state index is 11.5. The molecule has 1 aliphatic carbocycles. The molecule has 0 saturated heterocycles. The Balaban J connectivity index is 2.28. The normalized spacial score (nSPS) is 16.8. The molecule has 0 bridgehead atoms. The molecule has 5 heteroatoms. The quantitative estimate of drug-likeness (QED) is 0.493.